The summed E-state index contributed by atoms with van der Waals surface area (Å²) in [5, 5.41) is 0. The molecule has 0 bridgehead atoms. The number of hydrogen-bond acceptors (Lipinski definition) is 2. The van der Waals surface area contributed by atoms with E-state index >= 15 is 0 Å². The van der Waals surface area contributed by atoms with Crippen molar-refractivity contribution in [1.82, 2.24) is 0 Å². The third-order valence-electron chi connectivity index (χ3n) is 1.13. The smallest absolute Gasteiger partial charge is 0.161 e. The fourth-order valence-electron chi connectivity index (χ4n) is 0.621. The van der Waals surface area contributed by atoms with E-state index in [-0.39, 0.29) is 9.76 Å². The lowest BCUT2D eigenvalue weighted by molar-refractivity contribution is 0.363. The van der Waals surface area contributed by atoms with E-state index in [2.05, 4.69) is 19.6 Å². The number of thiol groups is 1. The van der Waals surface area contributed by atoms with Crippen LogP contribution in [0, 0.1) is 0 Å². The van der Waals surface area contributed by atoms with Gasteiger partial charge in [0.2, 0.25) is 0 Å². The van der Waals surface area contributed by atoms with Crippen molar-refractivity contribution in [3.05, 3.63) is 0 Å². The fourth-order valence-corrected chi connectivity index (χ4v) is 2.25. The first-order valence-electron chi connectivity index (χ1n) is 3.60. The average molecular weight is 164 g/mol. The van der Waals surface area contributed by atoms with Gasteiger partial charge in [-0.15, -0.1) is 0 Å². The normalized spacial score (nSPS) is 11.3. The van der Waals surface area contributed by atoms with Crippen LogP contribution in [0.2, 0.25) is 6.04 Å². The summed E-state index contributed by atoms with van der Waals surface area (Å²) in [7, 11) is -0.160. The molecule has 9 heavy (non-hydrogen) atoms. The maximum atomic E-state index is 5.35. The molecule has 0 N–H and O–H groups in total. The Morgan fingerprint density at radius 1 is 1.56 bits per heavy atom. The molecule has 56 valence electrons. The predicted molar refractivity (Wildman–Crippen MR) is 48.1 cm³/mol. The summed E-state index contributed by atoms with van der Waals surface area (Å²) >= 11 is 4.04. The second kappa shape index (κ2) is 8.53. The Morgan fingerprint density at radius 2 is 2.33 bits per heavy atom. The van der Waals surface area contributed by atoms with Crippen LogP contribution in [0.15, 0.2) is 0 Å². The van der Waals surface area contributed by atoms with E-state index in [1.54, 1.807) is 0 Å². The minimum atomic E-state index is -0.160. The molecule has 0 aromatic heterocycles. The number of hydrogen-bond donors (Lipinski definition) is 1. The Hall–Kier alpha value is 0.527. The molecule has 0 radical (unpaired) electrons. The van der Waals surface area contributed by atoms with E-state index in [1.165, 1.54) is 18.9 Å². The quantitative estimate of drug-likeness (QED) is 0.353. The molecule has 0 saturated heterocycles. The number of unbranched alkanes of at least 4 members (excludes halogenated alkanes) is 1. The summed E-state index contributed by atoms with van der Waals surface area (Å²) in [5.74, 6) is 0.874. The third kappa shape index (κ3) is 8.53. The summed E-state index contributed by atoms with van der Waals surface area (Å²) in [6.45, 7) is 3.08. The standard InChI is InChI=1S/C6H16OSSi/c1-2-3-6-9-7-4-5-8/h8H,2-6,9H2,1H3. The Balaban J connectivity index is 2.60. The van der Waals surface area contributed by atoms with Crippen LogP contribution in [0.1, 0.15) is 19.8 Å². The van der Waals surface area contributed by atoms with Crippen molar-refractivity contribution in [3.8, 4) is 0 Å². The molecule has 0 atom stereocenters. The van der Waals surface area contributed by atoms with Crippen LogP contribution >= 0.6 is 12.6 Å². The largest absolute Gasteiger partial charge is 0.423 e. The van der Waals surface area contributed by atoms with Crippen molar-refractivity contribution in [3.63, 3.8) is 0 Å². The van der Waals surface area contributed by atoms with E-state index in [9.17, 15) is 0 Å². The van der Waals surface area contributed by atoms with E-state index in [0.29, 0.717) is 0 Å². The summed E-state index contributed by atoms with van der Waals surface area (Å²) in [4.78, 5) is 0. The minimum absolute atomic E-state index is 0.160. The van der Waals surface area contributed by atoms with Crippen LogP contribution in [-0.2, 0) is 4.43 Å². The molecule has 0 aliphatic carbocycles. The molecule has 0 rings (SSSR count). The second-order valence-electron chi connectivity index (χ2n) is 2.04. The van der Waals surface area contributed by atoms with E-state index < -0.39 is 0 Å². The monoisotopic (exact) mass is 164 g/mol. The van der Waals surface area contributed by atoms with Crippen LogP contribution in [0.4, 0.5) is 0 Å². The minimum Gasteiger partial charge on any atom is -0.423 e. The van der Waals surface area contributed by atoms with Gasteiger partial charge in [0.05, 0.1) is 0 Å². The molecule has 0 aromatic carbocycles. The SMILES string of the molecule is CCCC[SiH2]OCCS. The molecular formula is C6H16OSSi. The first-order chi connectivity index (χ1) is 4.41. The molecular weight excluding hydrogens is 148 g/mol. The summed E-state index contributed by atoms with van der Waals surface area (Å²) in [6, 6.07) is 1.34. The van der Waals surface area contributed by atoms with Crippen molar-refractivity contribution < 1.29 is 4.43 Å². The van der Waals surface area contributed by atoms with Gasteiger partial charge < -0.3 is 4.43 Å². The molecule has 0 aliphatic rings. The molecule has 0 fully saturated rings. The lowest BCUT2D eigenvalue weighted by atomic mass is 10.4. The first-order valence-corrected chi connectivity index (χ1v) is 5.81. The van der Waals surface area contributed by atoms with Gasteiger partial charge in [-0.25, -0.2) is 0 Å². The van der Waals surface area contributed by atoms with Gasteiger partial charge in [0, 0.05) is 12.4 Å². The van der Waals surface area contributed by atoms with Crippen LogP contribution in [0.25, 0.3) is 0 Å². The van der Waals surface area contributed by atoms with E-state index in [4.69, 9.17) is 4.43 Å². The molecule has 0 aromatic rings. The topological polar surface area (TPSA) is 9.23 Å². The molecule has 0 spiro atoms. The van der Waals surface area contributed by atoms with Gasteiger partial charge in [-0.05, 0) is 6.04 Å². The fraction of sp³-hybridized carbons (Fsp3) is 1.00. The zero-order chi connectivity index (χ0) is 6.95. The maximum Gasteiger partial charge on any atom is 0.161 e. The average Bonchev–Trinajstić information content (AvgIpc) is 1.89. The molecule has 1 nitrogen and oxygen atoms in total. The lowest BCUT2D eigenvalue weighted by Crippen LogP contribution is -2.00. The van der Waals surface area contributed by atoms with Gasteiger partial charge in [0.25, 0.3) is 0 Å². The highest BCUT2D eigenvalue weighted by Crippen LogP contribution is 1.93. The maximum absolute atomic E-state index is 5.35. The molecule has 3 heteroatoms. The highest BCUT2D eigenvalue weighted by molar-refractivity contribution is 7.80. The molecule has 0 saturated carbocycles. The summed E-state index contributed by atoms with van der Waals surface area (Å²) in [5.41, 5.74) is 0. The Labute approximate surface area is 65.5 Å². The zero-order valence-corrected chi connectivity index (χ0v) is 8.41. The van der Waals surface area contributed by atoms with E-state index in [0.717, 1.165) is 12.4 Å². The Bertz CT molecular complexity index is 46.3. The summed E-state index contributed by atoms with van der Waals surface area (Å²) < 4.78 is 5.35. The van der Waals surface area contributed by atoms with Crippen LogP contribution in [0.5, 0.6) is 0 Å². The van der Waals surface area contributed by atoms with Crippen molar-refractivity contribution in [2.75, 3.05) is 12.4 Å². The molecule has 0 unspecified atom stereocenters. The Morgan fingerprint density at radius 3 is 2.89 bits per heavy atom. The second-order valence-corrected chi connectivity index (χ2v) is 4.01. The van der Waals surface area contributed by atoms with Crippen molar-refractivity contribution in [1.29, 1.82) is 0 Å². The van der Waals surface area contributed by atoms with Gasteiger partial charge in [-0.2, -0.15) is 12.6 Å². The van der Waals surface area contributed by atoms with E-state index in [1.807, 2.05) is 0 Å². The van der Waals surface area contributed by atoms with Gasteiger partial charge in [-0.3, -0.25) is 0 Å². The predicted octanol–water partition coefficient (Wildman–Crippen LogP) is 1.23. The summed E-state index contributed by atoms with van der Waals surface area (Å²) in [6.07, 6.45) is 2.65. The van der Waals surface area contributed by atoms with Gasteiger partial charge >= 0.3 is 0 Å². The number of rotatable bonds is 6. The van der Waals surface area contributed by atoms with Crippen LogP contribution in [0.3, 0.4) is 0 Å². The van der Waals surface area contributed by atoms with Crippen molar-refractivity contribution in [2.45, 2.75) is 25.8 Å². The third-order valence-corrected chi connectivity index (χ3v) is 2.68. The lowest BCUT2D eigenvalue weighted by Gasteiger charge is -1.98. The van der Waals surface area contributed by atoms with Crippen LogP contribution in [-0.4, -0.2) is 22.1 Å². The molecule has 0 heterocycles. The van der Waals surface area contributed by atoms with Gasteiger partial charge in [0.15, 0.2) is 9.76 Å². The van der Waals surface area contributed by atoms with Gasteiger partial charge in [0.1, 0.15) is 0 Å². The highest BCUT2D eigenvalue weighted by atomic mass is 32.1. The van der Waals surface area contributed by atoms with Gasteiger partial charge in [-0.1, -0.05) is 19.8 Å². The zero-order valence-electron chi connectivity index (χ0n) is 6.10. The van der Waals surface area contributed by atoms with Crippen LogP contribution < -0.4 is 0 Å². The van der Waals surface area contributed by atoms with Crippen molar-refractivity contribution in [2.24, 2.45) is 0 Å². The molecule has 0 aliphatic heterocycles. The highest BCUT2D eigenvalue weighted by Gasteiger charge is 1.86. The molecule has 0 amide bonds. The van der Waals surface area contributed by atoms with Crippen molar-refractivity contribution >= 4 is 22.4 Å². The Kier molecular flexibility index (Phi) is 9.03. The first kappa shape index (κ1) is 9.53.